The van der Waals surface area contributed by atoms with Crippen LogP contribution < -0.4 is 4.90 Å². The summed E-state index contributed by atoms with van der Waals surface area (Å²) in [7, 11) is 4.00. The number of benzene rings is 1. The molecule has 0 atom stereocenters. The molecule has 1 amide bonds. The molecule has 1 fully saturated rings. The van der Waals surface area contributed by atoms with Crippen LogP contribution in [0, 0.1) is 0 Å². The molecule has 150 valence electrons. The van der Waals surface area contributed by atoms with E-state index in [4.69, 9.17) is 0 Å². The molecule has 4 rings (SSSR count). The van der Waals surface area contributed by atoms with Crippen LogP contribution in [0.5, 0.6) is 0 Å². The number of carbonyl (C=O) groups is 1. The molecule has 3 heterocycles. The van der Waals surface area contributed by atoms with Crippen molar-refractivity contribution in [1.82, 2.24) is 19.8 Å². The molecule has 1 aliphatic heterocycles. The molecule has 0 unspecified atom stereocenters. The molecule has 0 saturated carbocycles. The van der Waals surface area contributed by atoms with Crippen molar-refractivity contribution in [3.05, 3.63) is 66.1 Å². The van der Waals surface area contributed by atoms with E-state index in [1.54, 1.807) is 0 Å². The predicted molar refractivity (Wildman–Crippen MR) is 116 cm³/mol. The van der Waals surface area contributed by atoms with Gasteiger partial charge in [-0.15, -0.1) is 0 Å². The molecule has 0 N–H and O–H groups in total. The van der Waals surface area contributed by atoms with Crippen LogP contribution in [0.1, 0.15) is 16.1 Å². The minimum atomic E-state index is 0.0210. The second kappa shape index (κ2) is 8.57. The predicted octanol–water partition coefficient (Wildman–Crippen LogP) is 2.70. The third-order valence-corrected chi connectivity index (χ3v) is 5.52. The van der Waals surface area contributed by atoms with E-state index >= 15 is 0 Å². The molecule has 6 heteroatoms. The van der Waals surface area contributed by atoms with Crippen molar-refractivity contribution < 1.29 is 4.79 Å². The van der Waals surface area contributed by atoms with Gasteiger partial charge in [-0.2, -0.15) is 0 Å². The van der Waals surface area contributed by atoms with Gasteiger partial charge in [0.15, 0.2) is 0 Å². The number of carbonyl (C=O) groups excluding carboxylic acids is 1. The number of fused-ring (bicyclic) bond motifs is 1. The highest BCUT2D eigenvalue weighted by atomic mass is 16.2. The first kappa shape index (κ1) is 19.3. The van der Waals surface area contributed by atoms with Gasteiger partial charge < -0.3 is 9.80 Å². The van der Waals surface area contributed by atoms with Crippen molar-refractivity contribution in [2.75, 3.05) is 51.7 Å². The number of para-hydroxylation sites is 1. The van der Waals surface area contributed by atoms with Gasteiger partial charge in [-0.25, -0.2) is 4.98 Å². The number of aromatic nitrogens is 2. The number of hydrogen-bond donors (Lipinski definition) is 0. The van der Waals surface area contributed by atoms with Gasteiger partial charge in [0.1, 0.15) is 5.69 Å². The molecule has 0 radical (unpaired) electrons. The second-order valence-corrected chi connectivity index (χ2v) is 7.68. The summed E-state index contributed by atoms with van der Waals surface area (Å²) in [5.41, 5.74) is 3.71. The Hall–Kier alpha value is -2.99. The van der Waals surface area contributed by atoms with Crippen molar-refractivity contribution >= 4 is 22.5 Å². The van der Waals surface area contributed by atoms with E-state index in [0.717, 1.165) is 55.7 Å². The summed E-state index contributed by atoms with van der Waals surface area (Å²) in [6.45, 7) is 4.27. The van der Waals surface area contributed by atoms with E-state index in [2.05, 4.69) is 27.0 Å². The summed E-state index contributed by atoms with van der Waals surface area (Å²) in [4.78, 5) is 28.2. The van der Waals surface area contributed by atoms with Crippen LogP contribution in [-0.4, -0.2) is 72.5 Å². The Balaban J connectivity index is 1.42. The highest BCUT2D eigenvalue weighted by molar-refractivity contribution is 6.00. The Morgan fingerprint density at radius 1 is 1.03 bits per heavy atom. The maximum atomic E-state index is 13.1. The number of pyridine rings is 2. The quantitative estimate of drug-likeness (QED) is 0.672. The van der Waals surface area contributed by atoms with Crippen molar-refractivity contribution in [2.24, 2.45) is 0 Å². The number of hydrogen-bond acceptors (Lipinski definition) is 5. The van der Waals surface area contributed by atoms with E-state index < -0.39 is 0 Å². The Kier molecular flexibility index (Phi) is 5.71. The fourth-order valence-corrected chi connectivity index (χ4v) is 3.81. The lowest BCUT2D eigenvalue weighted by molar-refractivity contribution is 0.0633. The molecule has 1 aliphatic rings. The van der Waals surface area contributed by atoms with Crippen LogP contribution in [0.3, 0.4) is 0 Å². The second-order valence-electron chi connectivity index (χ2n) is 7.68. The molecular weight excluding hydrogens is 362 g/mol. The topological polar surface area (TPSA) is 52.6 Å². The fourth-order valence-electron chi connectivity index (χ4n) is 3.81. The molecule has 29 heavy (non-hydrogen) atoms. The van der Waals surface area contributed by atoms with E-state index in [1.165, 1.54) is 5.56 Å². The molecule has 0 bridgehead atoms. The first-order valence-electron chi connectivity index (χ1n) is 10.1. The number of piperazine rings is 1. The van der Waals surface area contributed by atoms with Gasteiger partial charge in [-0.3, -0.25) is 14.7 Å². The van der Waals surface area contributed by atoms with Crippen molar-refractivity contribution in [1.29, 1.82) is 0 Å². The molecule has 6 nitrogen and oxygen atoms in total. The number of rotatable bonds is 5. The van der Waals surface area contributed by atoms with Gasteiger partial charge in [0.2, 0.25) is 0 Å². The van der Waals surface area contributed by atoms with E-state index in [1.807, 2.05) is 66.6 Å². The normalized spacial score (nSPS) is 14.9. The molecular formula is C23H27N5O. The van der Waals surface area contributed by atoms with Crippen LogP contribution in [0.4, 0.5) is 5.69 Å². The number of anilines is 1. The van der Waals surface area contributed by atoms with Gasteiger partial charge in [-0.05, 0) is 36.2 Å². The maximum Gasteiger partial charge on any atom is 0.272 e. The standard InChI is InChI=1S/C23H27N5O/c1-26(2)22-17-21(25-20-6-4-3-5-19(20)22)23(29)28-15-13-27(14-16-28)12-9-18-7-10-24-11-8-18/h3-8,10-11,17H,9,12-16H2,1-2H3. The van der Waals surface area contributed by atoms with E-state index in [0.29, 0.717) is 5.69 Å². The van der Waals surface area contributed by atoms with Crippen LogP contribution in [-0.2, 0) is 6.42 Å². The zero-order chi connectivity index (χ0) is 20.2. The zero-order valence-electron chi connectivity index (χ0n) is 17.1. The minimum absolute atomic E-state index is 0.0210. The Bertz CT molecular complexity index is 981. The number of amides is 1. The van der Waals surface area contributed by atoms with Crippen LogP contribution in [0.25, 0.3) is 10.9 Å². The zero-order valence-corrected chi connectivity index (χ0v) is 17.1. The molecule has 0 spiro atoms. The third kappa shape index (κ3) is 4.38. The average molecular weight is 390 g/mol. The van der Waals surface area contributed by atoms with E-state index in [9.17, 15) is 4.79 Å². The summed E-state index contributed by atoms with van der Waals surface area (Å²) in [5.74, 6) is 0.0210. The van der Waals surface area contributed by atoms with Crippen molar-refractivity contribution in [3.8, 4) is 0 Å². The van der Waals surface area contributed by atoms with E-state index in [-0.39, 0.29) is 5.91 Å². The Labute approximate surface area is 171 Å². The van der Waals surface area contributed by atoms with Gasteiger partial charge in [0.25, 0.3) is 5.91 Å². The monoisotopic (exact) mass is 389 g/mol. The average Bonchev–Trinajstić information content (AvgIpc) is 2.77. The molecule has 1 aromatic carbocycles. The third-order valence-electron chi connectivity index (χ3n) is 5.52. The summed E-state index contributed by atoms with van der Waals surface area (Å²) >= 11 is 0. The summed E-state index contributed by atoms with van der Waals surface area (Å²) in [6.07, 6.45) is 4.68. The van der Waals surface area contributed by atoms with Crippen LogP contribution in [0.2, 0.25) is 0 Å². The summed E-state index contributed by atoms with van der Waals surface area (Å²) in [5, 5.41) is 1.06. The lowest BCUT2D eigenvalue weighted by Gasteiger charge is -2.34. The van der Waals surface area contributed by atoms with Crippen molar-refractivity contribution in [2.45, 2.75) is 6.42 Å². The largest absolute Gasteiger partial charge is 0.377 e. The van der Waals surface area contributed by atoms with Gasteiger partial charge in [0, 0.05) is 70.3 Å². The molecule has 0 aliphatic carbocycles. The lowest BCUT2D eigenvalue weighted by atomic mass is 10.1. The summed E-state index contributed by atoms with van der Waals surface area (Å²) < 4.78 is 0. The van der Waals surface area contributed by atoms with Crippen LogP contribution >= 0.6 is 0 Å². The maximum absolute atomic E-state index is 13.1. The highest BCUT2D eigenvalue weighted by Gasteiger charge is 2.24. The van der Waals surface area contributed by atoms with Gasteiger partial charge in [-0.1, -0.05) is 18.2 Å². The SMILES string of the molecule is CN(C)c1cc(C(=O)N2CCN(CCc3ccncc3)CC2)nc2ccccc12. The number of nitrogens with zero attached hydrogens (tertiary/aromatic N) is 5. The minimum Gasteiger partial charge on any atom is -0.377 e. The van der Waals surface area contributed by atoms with Gasteiger partial charge in [0.05, 0.1) is 5.52 Å². The smallest absolute Gasteiger partial charge is 0.272 e. The lowest BCUT2D eigenvalue weighted by Crippen LogP contribution is -2.49. The molecule has 2 aromatic heterocycles. The van der Waals surface area contributed by atoms with Crippen molar-refractivity contribution in [3.63, 3.8) is 0 Å². The van der Waals surface area contributed by atoms with Gasteiger partial charge >= 0.3 is 0 Å². The first-order valence-corrected chi connectivity index (χ1v) is 10.1. The Morgan fingerprint density at radius 3 is 2.48 bits per heavy atom. The molecule has 1 saturated heterocycles. The van der Waals surface area contributed by atoms with Crippen LogP contribution in [0.15, 0.2) is 54.9 Å². The highest BCUT2D eigenvalue weighted by Crippen LogP contribution is 2.26. The Morgan fingerprint density at radius 2 is 1.76 bits per heavy atom. The molecule has 3 aromatic rings. The first-order chi connectivity index (χ1) is 14.1. The fraction of sp³-hybridized carbons (Fsp3) is 0.348. The summed E-state index contributed by atoms with van der Waals surface area (Å²) in [6, 6.07) is 14.0.